The molecule has 4 aliphatic rings. The SMILES string of the molecule is O=C(c1cccc(F)c1)N(Cc1ccccc1)c1nnc(C23CC4CC(CC(C4)C2)C3)s1. The van der Waals surface area contributed by atoms with Crippen LogP contribution in [0.4, 0.5) is 9.52 Å². The lowest BCUT2D eigenvalue weighted by molar-refractivity contribution is -0.00555. The van der Waals surface area contributed by atoms with Crippen LogP contribution < -0.4 is 4.90 Å². The van der Waals surface area contributed by atoms with Crippen LogP contribution in [-0.2, 0) is 12.0 Å². The molecule has 0 unspecified atom stereocenters. The van der Waals surface area contributed by atoms with E-state index in [4.69, 9.17) is 0 Å². The van der Waals surface area contributed by atoms with Gasteiger partial charge < -0.3 is 0 Å². The van der Waals surface area contributed by atoms with Crippen LogP contribution in [-0.4, -0.2) is 16.1 Å². The van der Waals surface area contributed by atoms with Gasteiger partial charge in [-0.05, 0) is 80.0 Å². The van der Waals surface area contributed by atoms with Gasteiger partial charge in [0.2, 0.25) is 5.13 Å². The summed E-state index contributed by atoms with van der Waals surface area (Å²) in [7, 11) is 0. The monoisotopic (exact) mass is 447 g/mol. The second kappa shape index (κ2) is 7.77. The van der Waals surface area contributed by atoms with E-state index in [1.165, 1.54) is 50.7 Å². The van der Waals surface area contributed by atoms with E-state index in [1.807, 2.05) is 30.3 Å². The van der Waals surface area contributed by atoms with Crippen LogP contribution >= 0.6 is 11.3 Å². The maximum Gasteiger partial charge on any atom is 0.260 e. The quantitative estimate of drug-likeness (QED) is 0.482. The summed E-state index contributed by atoms with van der Waals surface area (Å²) in [5.41, 5.74) is 1.47. The first-order valence-corrected chi connectivity index (χ1v) is 12.3. The molecule has 4 bridgehead atoms. The van der Waals surface area contributed by atoms with Gasteiger partial charge in [-0.15, -0.1) is 10.2 Å². The third-order valence-corrected chi connectivity index (χ3v) is 8.83. The first kappa shape index (κ1) is 20.0. The lowest BCUT2D eigenvalue weighted by Crippen LogP contribution is -2.48. The number of aromatic nitrogens is 2. The third-order valence-electron chi connectivity index (χ3n) is 7.64. The highest BCUT2D eigenvalue weighted by Crippen LogP contribution is 2.61. The van der Waals surface area contributed by atoms with E-state index in [2.05, 4.69) is 10.2 Å². The van der Waals surface area contributed by atoms with Crippen molar-refractivity contribution in [1.82, 2.24) is 10.2 Å². The summed E-state index contributed by atoms with van der Waals surface area (Å²) in [4.78, 5) is 15.1. The molecule has 4 nitrogen and oxygen atoms in total. The van der Waals surface area contributed by atoms with Crippen LogP contribution in [0.25, 0.3) is 0 Å². The van der Waals surface area contributed by atoms with Gasteiger partial charge in [0.05, 0.1) is 6.54 Å². The molecule has 0 radical (unpaired) electrons. The van der Waals surface area contributed by atoms with Gasteiger partial charge in [0.25, 0.3) is 5.91 Å². The maximum absolute atomic E-state index is 13.9. The van der Waals surface area contributed by atoms with Gasteiger partial charge in [-0.2, -0.15) is 0 Å². The Morgan fingerprint density at radius 2 is 1.66 bits per heavy atom. The first-order valence-electron chi connectivity index (χ1n) is 11.5. The third kappa shape index (κ3) is 3.54. The van der Waals surface area contributed by atoms with Gasteiger partial charge in [0.1, 0.15) is 10.8 Å². The normalized spacial score (nSPS) is 28.1. The van der Waals surface area contributed by atoms with Crippen molar-refractivity contribution in [1.29, 1.82) is 0 Å². The molecule has 4 aliphatic carbocycles. The average molecular weight is 448 g/mol. The molecule has 1 aromatic heterocycles. The minimum Gasteiger partial charge on any atom is -0.278 e. The molecule has 0 N–H and O–H groups in total. The summed E-state index contributed by atoms with van der Waals surface area (Å²) in [5.74, 6) is 1.80. The summed E-state index contributed by atoms with van der Waals surface area (Å²) in [5, 5.41) is 10.9. The number of amides is 1. The van der Waals surface area contributed by atoms with E-state index in [1.54, 1.807) is 28.4 Å². The molecule has 7 rings (SSSR count). The van der Waals surface area contributed by atoms with Crippen LogP contribution in [0.15, 0.2) is 54.6 Å². The number of halogens is 1. The Bertz CT molecular complexity index is 1110. The molecule has 0 saturated heterocycles. The van der Waals surface area contributed by atoms with Crippen LogP contribution in [0.3, 0.4) is 0 Å². The Kier molecular flexibility index (Phi) is 4.86. The van der Waals surface area contributed by atoms with E-state index >= 15 is 0 Å². The Hall–Kier alpha value is -2.60. The van der Waals surface area contributed by atoms with Gasteiger partial charge in [0, 0.05) is 11.0 Å². The second-order valence-corrected chi connectivity index (χ2v) is 10.9. The van der Waals surface area contributed by atoms with Gasteiger partial charge in [0.15, 0.2) is 0 Å². The zero-order valence-electron chi connectivity index (χ0n) is 17.9. The van der Waals surface area contributed by atoms with Gasteiger partial charge in [-0.25, -0.2) is 4.39 Å². The van der Waals surface area contributed by atoms with Crippen LogP contribution in [0.2, 0.25) is 0 Å². The molecule has 0 atom stereocenters. The molecule has 4 saturated carbocycles. The summed E-state index contributed by atoms with van der Waals surface area (Å²) < 4.78 is 13.9. The van der Waals surface area contributed by atoms with Crippen molar-refractivity contribution in [2.24, 2.45) is 17.8 Å². The summed E-state index contributed by atoms with van der Waals surface area (Å²) in [6.07, 6.45) is 7.77. The number of benzene rings is 2. The van der Waals surface area contributed by atoms with Crippen LogP contribution in [0.1, 0.15) is 59.5 Å². The highest BCUT2D eigenvalue weighted by Gasteiger charge is 2.53. The average Bonchev–Trinajstić information content (AvgIpc) is 3.28. The van der Waals surface area contributed by atoms with Crippen molar-refractivity contribution in [3.63, 3.8) is 0 Å². The molecule has 0 spiro atoms. The Labute approximate surface area is 191 Å². The summed E-state index contributed by atoms with van der Waals surface area (Å²) in [6.45, 7) is 0.381. The largest absolute Gasteiger partial charge is 0.278 e. The lowest BCUT2D eigenvalue weighted by atomic mass is 9.50. The second-order valence-electron chi connectivity index (χ2n) is 9.97. The zero-order chi connectivity index (χ0) is 21.7. The Morgan fingerprint density at radius 3 is 2.31 bits per heavy atom. The van der Waals surface area contributed by atoms with Gasteiger partial charge >= 0.3 is 0 Å². The van der Waals surface area contributed by atoms with E-state index in [0.717, 1.165) is 28.3 Å². The zero-order valence-corrected chi connectivity index (χ0v) is 18.7. The van der Waals surface area contributed by atoms with Crippen molar-refractivity contribution in [2.75, 3.05) is 4.90 Å². The Balaban J connectivity index is 1.35. The summed E-state index contributed by atoms with van der Waals surface area (Å²) >= 11 is 1.57. The number of carbonyl (C=O) groups is 1. The van der Waals surface area contributed by atoms with E-state index < -0.39 is 5.82 Å². The van der Waals surface area contributed by atoms with Gasteiger partial charge in [-0.3, -0.25) is 9.69 Å². The number of rotatable bonds is 5. The van der Waals surface area contributed by atoms with E-state index in [9.17, 15) is 9.18 Å². The van der Waals surface area contributed by atoms with Crippen LogP contribution in [0, 0.1) is 23.6 Å². The standard InChI is InChI=1S/C26H26FN3OS/c27-22-8-4-7-21(12-22)23(31)30(16-17-5-2-1-3-6-17)25-29-28-24(32-25)26-13-18-9-19(14-26)11-20(10-18)15-26/h1-8,12,18-20H,9-11,13-16H2. The molecule has 6 heteroatoms. The van der Waals surface area contributed by atoms with Crippen molar-refractivity contribution in [3.05, 3.63) is 76.5 Å². The highest BCUT2D eigenvalue weighted by atomic mass is 32.1. The number of nitrogens with zero attached hydrogens (tertiary/aromatic N) is 3. The Morgan fingerprint density at radius 1 is 0.969 bits per heavy atom. The lowest BCUT2D eigenvalue weighted by Gasteiger charge is -2.55. The predicted octanol–water partition coefficient (Wildman–Crippen LogP) is 5.99. The van der Waals surface area contributed by atoms with E-state index in [-0.39, 0.29) is 11.3 Å². The van der Waals surface area contributed by atoms with Crippen molar-refractivity contribution in [3.8, 4) is 0 Å². The molecule has 2 aromatic carbocycles. The molecular weight excluding hydrogens is 421 g/mol. The fraction of sp³-hybridized carbons (Fsp3) is 0.423. The van der Waals surface area contributed by atoms with Gasteiger partial charge in [-0.1, -0.05) is 47.7 Å². The number of carbonyl (C=O) groups excluding carboxylic acids is 1. The number of anilines is 1. The number of hydrogen-bond acceptors (Lipinski definition) is 4. The molecule has 32 heavy (non-hydrogen) atoms. The van der Waals surface area contributed by atoms with Crippen molar-refractivity contribution >= 4 is 22.4 Å². The maximum atomic E-state index is 13.9. The molecule has 1 heterocycles. The summed E-state index contributed by atoms with van der Waals surface area (Å²) in [6, 6.07) is 15.7. The molecule has 164 valence electrons. The van der Waals surface area contributed by atoms with Crippen molar-refractivity contribution in [2.45, 2.75) is 50.5 Å². The fourth-order valence-electron chi connectivity index (χ4n) is 6.68. The molecule has 4 fully saturated rings. The fourth-order valence-corrected chi connectivity index (χ4v) is 7.74. The highest BCUT2D eigenvalue weighted by molar-refractivity contribution is 7.15. The predicted molar refractivity (Wildman–Crippen MR) is 123 cm³/mol. The van der Waals surface area contributed by atoms with Crippen molar-refractivity contribution < 1.29 is 9.18 Å². The first-order chi connectivity index (χ1) is 15.6. The molecule has 1 amide bonds. The smallest absolute Gasteiger partial charge is 0.260 e. The minimum absolute atomic E-state index is 0.144. The molecule has 3 aromatic rings. The molecule has 0 aliphatic heterocycles. The van der Waals surface area contributed by atoms with E-state index in [0.29, 0.717) is 17.2 Å². The number of hydrogen-bond donors (Lipinski definition) is 0. The minimum atomic E-state index is -0.415. The molecular formula is C26H26FN3OS. The van der Waals surface area contributed by atoms with Crippen LogP contribution in [0.5, 0.6) is 0 Å². The topological polar surface area (TPSA) is 46.1 Å².